The summed E-state index contributed by atoms with van der Waals surface area (Å²) < 4.78 is 28.2. The zero-order valence-electron chi connectivity index (χ0n) is 10.1. The largest absolute Gasteiger partial charge is 0.279 e. The fraction of sp³-hybridized carbons (Fsp3) is 0.250. The van der Waals surface area contributed by atoms with Crippen LogP contribution in [0.5, 0.6) is 0 Å². The number of hydrogen-bond donors (Lipinski definition) is 1. The van der Waals surface area contributed by atoms with E-state index in [0.29, 0.717) is 5.69 Å². The molecule has 0 fully saturated rings. The summed E-state index contributed by atoms with van der Waals surface area (Å²) in [7, 11) is -3.60. The van der Waals surface area contributed by atoms with E-state index < -0.39 is 15.7 Å². The van der Waals surface area contributed by atoms with Crippen LogP contribution in [0.1, 0.15) is 18.2 Å². The number of nitrogens with one attached hydrogen (secondary N) is 1. The summed E-state index contributed by atoms with van der Waals surface area (Å²) in [5.41, 5.74) is 0.213. The molecular weight excluding hydrogens is 252 g/mol. The Bertz CT molecular complexity index is 608. The van der Waals surface area contributed by atoms with Crippen LogP contribution in [0.15, 0.2) is 42.6 Å². The van der Waals surface area contributed by atoms with Gasteiger partial charge in [0.15, 0.2) is 5.60 Å². The molecule has 5 nitrogen and oxygen atoms in total. The third-order valence-corrected chi connectivity index (χ3v) is 3.29. The topological polar surface area (TPSA) is 72.1 Å². The Morgan fingerprint density at radius 3 is 2.39 bits per heavy atom. The molecule has 1 aromatic carbocycles. The third kappa shape index (κ3) is 2.60. The van der Waals surface area contributed by atoms with Crippen LogP contribution in [-0.4, -0.2) is 24.9 Å². The second-order valence-corrected chi connectivity index (χ2v) is 5.73. The molecule has 1 atom stereocenters. The normalized spacial score (nSPS) is 15.2. The van der Waals surface area contributed by atoms with E-state index >= 15 is 0 Å². The van der Waals surface area contributed by atoms with Crippen molar-refractivity contribution >= 4 is 10.1 Å². The molecule has 0 aliphatic carbocycles. The highest BCUT2D eigenvalue weighted by molar-refractivity contribution is 7.86. The van der Waals surface area contributed by atoms with E-state index in [1.54, 1.807) is 19.2 Å². The molecule has 1 aromatic heterocycles. The first-order valence-electron chi connectivity index (χ1n) is 5.38. The van der Waals surface area contributed by atoms with Gasteiger partial charge in [0.1, 0.15) is 0 Å². The van der Waals surface area contributed by atoms with Gasteiger partial charge in [0.05, 0.1) is 11.9 Å². The molecule has 6 heteroatoms. The molecule has 18 heavy (non-hydrogen) atoms. The molecule has 1 unspecified atom stereocenters. The summed E-state index contributed by atoms with van der Waals surface area (Å²) in [4.78, 5) is 0. The molecule has 1 N–H and O–H groups in total. The fourth-order valence-corrected chi connectivity index (χ4v) is 2.62. The van der Waals surface area contributed by atoms with E-state index in [1.165, 1.54) is 0 Å². The predicted molar refractivity (Wildman–Crippen MR) is 67.4 cm³/mol. The monoisotopic (exact) mass is 266 g/mol. The first-order valence-corrected chi connectivity index (χ1v) is 7.19. The van der Waals surface area contributed by atoms with Crippen molar-refractivity contribution in [3.8, 4) is 0 Å². The average molecular weight is 266 g/mol. The number of hydrogen-bond acceptors (Lipinski definition) is 4. The zero-order chi connectivity index (χ0) is 13.2. The Morgan fingerprint density at radius 2 is 1.89 bits per heavy atom. The van der Waals surface area contributed by atoms with Crippen molar-refractivity contribution in [1.29, 1.82) is 0 Å². The molecule has 0 saturated heterocycles. The Hall–Kier alpha value is -1.66. The lowest BCUT2D eigenvalue weighted by atomic mass is 9.93. The molecule has 0 saturated carbocycles. The number of benzene rings is 1. The van der Waals surface area contributed by atoms with E-state index in [1.807, 2.05) is 30.3 Å². The van der Waals surface area contributed by atoms with E-state index in [9.17, 15) is 8.42 Å². The smallest absolute Gasteiger partial charge is 0.265 e. The van der Waals surface area contributed by atoms with E-state index in [-0.39, 0.29) is 0 Å². The zero-order valence-corrected chi connectivity index (χ0v) is 10.9. The highest BCUT2D eigenvalue weighted by Crippen LogP contribution is 2.33. The van der Waals surface area contributed by atoms with Gasteiger partial charge in [0.25, 0.3) is 10.1 Å². The van der Waals surface area contributed by atoms with Crippen molar-refractivity contribution in [3.63, 3.8) is 0 Å². The van der Waals surface area contributed by atoms with Gasteiger partial charge in [-0.25, -0.2) is 0 Å². The van der Waals surface area contributed by atoms with E-state index in [4.69, 9.17) is 4.18 Å². The minimum atomic E-state index is -3.60. The van der Waals surface area contributed by atoms with Crippen LogP contribution >= 0.6 is 0 Å². The Balaban J connectivity index is 2.54. The first-order chi connectivity index (χ1) is 8.42. The lowest BCUT2D eigenvalue weighted by Gasteiger charge is -2.27. The summed E-state index contributed by atoms with van der Waals surface area (Å²) in [6.45, 7) is 1.69. The molecule has 96 valence electrons. The number of nitrogens with zero attached hydrogens (tertiary/aromatic N) is 1. The maximum absolute atomic E-state index is 11.5. The van der Waals surface area contributed by atoms with E-state index in [2.05, 4.69) is 10.2 Å². The van der Waals surface area contributed by atoms with Gasteiger partial charge >= 0.3 is 0 Å². The molecular formula is C12H14N2O3S. The van der Waals surface area contributed by atoms with Crippen LogP contribution in [0.2, 0.25) is 0 Å². The fourth-order valence-electron chi connectivity index (χ4n) is 1.83. The maximum Gasteiger partial charge on any atom is 0.265 e. The Morgan fingerprint density at radius 1 is 1.22 bits per heavy atom. The Kier molecular flexibility index (Phi) is 3.23. The minimum Gasteiger partial charge on any atom is -0.279 e. The molecule has 0 amide bonds. The van der Waals surface area contributed by atoms with Crippen molar-refractivity contribution < 1.29 is 12.6 Å². The molecule has 1 heterocycles. The van der Waals surface area contributed by atoms with Crippen LogP contribution in [0, 0.1) is 0 Å². The predicted octanol–water partition coefficient (Wildman–Crippen LogP) is 1.65. The van der Waals surface area contributed by atoms with Gasteiger partial charge in [-0.05, 0) is 18.6 Å². The van der Waals surface area contributed by atoms with Crippen LogP contribution in [0.4, 0.5) is 0 Å². The lowest BCUT2D eigenvalue weighted by Crippen LogP contribution is -2.30. The minimum absolute atomic E-state index is 0.583. The van der Waals surface area contributed by atoms with Crippen LogP contribution in [0.25, 0.3) is 0 Å². The third-order valence-electron chi connectivity index (χ3n) is 2.66. The summed E-state index contributed by atoms with van der Waals surface area (Å²) in [6.07, 6.45) is 2.59. The van der Waals surface area contributed by atoms with Crippen molar-refractivity contribution in [3.05, 3.63) is 53.9 Å². The molecule has 0 spiro atoms. The number of rotatable bonds is 4. The second-order valence-electron chi connectivity index (χ2n) is 4.16. The molecule has 0 radical (unpaired) electrons. The Labute approximate surface area is 106 Å². The van der Waals surface area contributed by atoms with Gasteiger partial charge in [-0.15, -0.1) is 0 Å². The highest BCUT2D eigenvalue weighted by Gasteiger charge is 2.35. The van der Waals surface area contributed by atoms with Crippen molar-refractivity contribution in [2.45, 2.75) is 12.5 Å². The van der Waals surface area contributed by atoms with Crippen LogP contribution in [-0.2, 0) is 19.9 Å². The highest BCUT2D eigenvalue weighted by atomic mass is 32.2. The average Bonchev–Trinajstić information content (AvgIpc) is 2.82. The SMILES string of the molecule is CC(OS(C)(=O)=O)(c1ccccc1)c1ccn[nH]1. The van der Waals surface area contributed by atoms with Crippen molar-refractivity contribution in [2.75, 3.05) is 6.26 Å². The first kappa shape index (κ1) is 12.8. The maximum atomic E-state index is 11.5. The molecule has 2 aromatic rings. The van der Waals surface area contributed by atoms with Crippen LogP contribution < -0.4 is 0 Å². The summed E-state index contributed by atoms with van der Waals surface area (Å²) in [5.74, 6) is 0. The number of aromatic nitrogens is 2. The van der Waals surface area contributed by atoms with Gasteiger partial charge in [0, 0.05) is 6.20 Å². The lowest BCUT2D eigenvalue weighted by molar-refractivity contribution is 0.138. The summed E-state index contributed by atoms with van der Waals surface area (Å²) in [6, 6.07) is 10.8. The second kappa shape index (κ2) is 4.55. The molecule has 0 bridgehead atoms. The van der Waals surface area contributed by atoms with Gasteiger partial charge in [-0.2, -0.15) is 13.5 Å². The number of H-pyrrole nitrogens is 1. The van der Waals surface area contributed by atoms with Crippen molar-refractivity contribution in [1.82, 2.24) is 10.2 Å². The van der Waals surface area contributed by atoms with E-state index in [0.717, 1.165) is 11.8 Å². The van der Waals surface area contributed by atoms with Gasteiger partial charge in [0.2, 0.25) is 0 Å². The van der Waals surface area contributed by atoms with Gasteiger partial charge in [-0.3, -0.25) is 9.28 Å². The van der Waals surface area contributed by atoms with Crippen LogP contribution in [0.3, 0.4) is 0 Å². The van der Waals surface area contributed by atoms with Gasteiger partial charge < -0.3 is 0 Å². The summed E-state index contributed by atoms with van der Waals surface area (Å²) in [5, 5.41) is 6.60. The number of aromatic amines is 1. The summed E-state index contributed by atoms with van der Waals surface area (Å²) >= 11 is 0. The quantitative estimate of drug-likeness (QED) is 0.854. The molecule has 2 rings (SSSR count). The molecule has 0 aliphatic rings. The molecule has 0 aliphatic heterocycles. The van der Waals surface area contributed by atoms with Gasteiger partial charge in [-0.1, -0.05) is 30.3 Å². The standard InChI is InChI=1S/C12H14N2O3S/c1-12(17-18(2,15)16,11-8-9-13-14-11)10-6-4-3-5-7-10/h3-9H,1-2H3,(H,13,14). The van der Waals surface area contributed by atoms with Crippen molar-refractivity contribution in [2.24, 2.45) is 0 Å².